The predicted molar refractivity (Wildman–Crippen MR) is 42.4 cm³/mol. The van der Waals surface area contributed by atoms with Crippen LogP contribution in [-0.2, 0) is 21.1 Å². The smallest absolute Gasteiger partial charge is 0.200 e. The molecule has 1 aromatic rings. The third kappa shape index (κ3) is 3.14. The number of aromatic nitrogens is 1. The number of isothiocyanates is 1. The van der Waals surface area contributed by atoms with Gasteiger partial charge in [-0.15, -0.1) is 12.1 Å². The first-order chi connectivity index (χ1) is 5.34. The van der Waals surface area contributed by atoms with Crippen molar-refractivity contribution >= 4 is 23.3 Å². The molecule has 0 aliphatic rings. The van der Waals surface area contributed by atoms with Crippen molar-refractivity contribution in [2.75, 3.05) is 0 Å². The molecule has 0 saturated carbocycles. The van der Waals surface area contributed by atoms with Crippen LogP contribution in [0.25, 0.3) is 0 Å². The van der Waals surface area contributed by atoms with Crippen molar-refractivity contribution in [3.05, 3.63) is 30.1 Å². The molecular weight excluding hydrogens is 344 g/mol. The van der Waals surface area contributed by atoms with Gasteiger partial charge in [-0.05, 0) is 12.2 Å². The number of rotatable bonds is 1. The molecule has 5 heteroatoms. The quantitative estimate of drug-likeness (QED) is 0.435. The third-order valence-corrected chi connectivity index (χ3v) is 1.07. The number of hydrogen-bond donors (Lipinski definition) is 0. The van der Waals surface area contributed by atoms with E-state index in [1.807, 2.05) is 5.16 Å². The molecule has 0 bridgehead atoms. The molecule has 3 nitrogen and oxygen atoms in total. The van der Waals surface area contributed by atoms with Gasteiger partial charge in [0.2, 0.25) is 0 Å². The molecule has 1 rings (SSSR count). The molecule has 0 fully saturated rings. The maximum atomic E-state index is 10.9. The van der Waals surface area contributed by atoms with E-state index in [-0.39, 0.29) is 21.1 Å². The van der Waals surface area contributed by atoms with Crippen molar-refractivity contribution < 1.29 is 25.9 Å². The number of carbonyl (C=O) groups is 1. The monoisotopic (exact) mass is 347 g/mol. The van der Waals surface area contributed by atoms with Crippen LogP contribution >= 0.6 is 12.2 Å². The van der Waals surface area contributed by atoms with Crippen molar-refractivity contribution in [3.8, 4) is 0 Å². The molecule has 0 saturated heterocycles. The van der Waals surface area contributed by atoms with Crippen LogP contribution in [0.3, 0.4) is 0 Å². The van der Waals surface area contributed by atoms with Gasteiger partial charge in [-0.25, -0.2) is 4.99 Å². The Kier molecular flexibility index (Phi) is 5.56. The summed E-state index contributed by atoms with van der Waals surface area (Å²) in [4.78, 5) is 17.8. The molecule has 0 radical (unpaired) electrons. The molecule has 12 heavy (non-hydrogen) atoms. The van der Waals surface area contributed by atoms with E-state index in [4.69, 9.17) is 0 Å². The number of pyridine rings is 1. The summed E-state index contributed by atoms with van der Waals surface area (Å²) < 4.78 is 0. The molecule has 60 valence electrons. The van der Waals surface area contributed by atoms with Crippen LogP contribution in [0.1, 0.15) is 10.4 Å². The van der Waals surface area contributed by atoms with Crippen LogP contribution in [0.2, 0.25) is 0 Å². The Labute approximate surface area is 89.2 Å². The van der Waals surface area contributed by atoms with Crippen LogP contribution in [0.5, 0.6) is 0 Å². The summed E-state index contributed by atoms with van der Waals surface area (Å²) in [5, 5.41) is 1.98. The topological polar surface area (TPSA) is 42.3 Å². The number of carbonyl (C=O) groups excluding carboxylic acids is 1. The third-order valence-electron chi connectivity index (χ3n) is 0.981. The van der Waals surface area contributed by atoms with Gasteiger partial charge in [-0.2, -0.15) is 0 Å². The van der Waals surface area contributed by atoms with Crippen molar-refractivity contribution in [1.82, 2.24) is 4.98 Å². The molecule has 0 spiro atoms. The van der Waals surface area contributed by atoms with Gasteiger partial charge in [0.1, 0.15) is 0 Å². The second kappa shape index (κ2) is 5.90. The van der Waals surface area contributed by atoms with E-state index in [1.54, 1.807) is 0 Å². The Bertz CT molecular complexity index is 308. The first-order valence-corrected chi connectivity index (χ1v) is 3.19. The molecule has 0 aliphatic carbocycles. The first kappa shape index (κ1) is 11.3. The van der Waals surface area contributed by atoms with Gasteiger partial charge in [0.05, 0.1) is 5.16 Å². The summed E-state index contributed by atoms with van der Waals surface area (Å²) in [6, 6.07) is 4.19. The molecular formula is C7H3N2OSW-. The van der Waals surface area contributed by atoms with Crippen molar-refractivity contribution in [2.24, 2.45) is 4.99 Å². The zero-order valence-electron chi connectivity index (χ0n) is 5.85. The van der Waals surface area contributed by atoms with E-state index in [1.165, 1.54) is 18.5 Å². The van der Waals surface area contributed by atoms with Gasteiger partial charge in [0.15, 0.2) is 5.91 Å². The van der Waals surface area contributed by atoms with E-state index in [9.17, 15) is 4.79 Å². The average Bonchev–Trinajstić information content (AvgIpc) is 2.07. The first-order valence-electron chi connectivity index (χ1n) is 2.78. The minimum atomic E-state index is -0.465. The van der Waals surface area contributed by atoms with E-state index < -0.39 is 5.91 Å². The fraction of sp³-hybridized carbons (Fsp3) is 0. The second-order valence-corrected chi connectivity index (χ2v) is 1.84. The summed E-state index contributed by atoms with van der Waals surface area (Å²) in [5.74, 6) is -0.465. The average molecular weight is 347 g/mol. The van der Waals surface area contributed by atoms with E-state index in [0.29, 0.717) is 5.56 Å². The molecule has 1 aromatic heterocycles. The zero-order valence-corrected chi connectivity index (χ0v) is 9.60. The SMILES string of the molecule is O=C(N=C=S)c1[c-]ccnc1.[W]. The van der Waals surface area contributed by atoms with Crippen molar-refractivity contribution in [3.63, 3.8) is 0 Å². The van der Waals surface area contributed by atoms with Crippen LogP contribution in [-0.4, -0.2) is 16.1 Å². The fourth-order valence-corrected chi connectivity index (χ4v) is 0.626. The summed E-state index contributed by atoms with van der Waals surface area (Å²) in [6.07, 6.45) is 2.90. The van der Waals surface area contributed by atoms with Crippen LogP contribution in [0, 0.1) is 6.07 Å². The van der Waals surface area contributed by atoms with Gasteiger partial charge >= 0.3 is 0 Å². The van der Waals surface area contributed by atoms with Gasteiger partial charge in [-0.1, -0.05) is 18.0 Å². The number of hydrogen-bond acceptors (Lipinski definition) is 3. The minimum Gasteiger partial charge on any atom is -0.360 e. The van der Waals surface area contributed by atoms with Gasteiger partial charge in [-0.3, -0.25) is 0 Å². The largest absolute Gasteiger partial charge is 0.360 e. The maximum Gasteiger partial charge on any atom is 0.200 e. The number of amides is 1. The van der Waals surface area contributed by atoms with E-state index in [0.717, 1.165) is 0 Å². The Hall–Kier alpha value is -0.692. The number of aliphatic imine (C=N–C) groups is 1. The normalized spacial score (nSPS) is 7.67. The molecule has 0 aromatic carbocycles. The Balaban J connectivity index is 0.00000121. The Morgan fingerprint density at radius 2 is 2.50 bits per heavy atom. The molecule has 0 aliphatic heterocycles. The van der Waals surface area contributed by atoms with Crippen LogP contribution < -0.4 is 0 Å². The molecule has 1 amide bonds. The van der Waals surface area contributed by atoms with Crippen molar-refractivity contribution in [1.29, 1.82) is 0 Å². The van der Waals surface area contributed by atoms with Crippen LogP contribution in [0.15, 0.2) is 23.5 Å². The van der Waals surface area contributed by atoms with Gasteiger partial charge in [0, 0.05) is 21.1 Å². The summed E-state index contributed by atoms with van der Waals surface area (Å²) in [5.41, 5.74) is 0.296. The number of thiocarbonyl (C=S) groups is 1. The zero-order chi connectivity index (χ0) is 8.10. The Morgan fingerprint density at radius 3 is 3.00 bits per heavy atom. The minimum absolute atomic E-state index is 0. The molecule has 0 N–H and O–H groups in total. The number of nitrogens with zero attached hydrogens (tertiary/aromatic N) is 2. The van der Waals surface area contributed by atoms with Gasteiger partial charge in [0.25, 0.3) is 0 Å². The van der Waals surface area contributed by atoms with Crippen molar-refractivity contribution in [2.45, 2.75) is 0 Å². The standard InChI is InChI=1S/C7H3N2OS.W/c10-7(9-5-11)6-2-1-3-8-4-6;/h1,3-4H;/q-1;. The second-order valence-electron chi connectivity index (χ2n) is 1.66. The molecule has 1 heterocycles. The van der Waals surface area contributed by atoms with E-state index in [2.05, 4.69) is 28.3 Å². The summed E-state index contributed by atoms with van der Waals surface area (Å²) in [7, 11) is 0. The van der Waals surface area contributed by atoms with Crippen LogP contribution in [0.4, 0.5) is 0 Å². The van der Waals surface area contributed by atoms with Gasteiger partial charge < -0.3 is 9.78 Å². The predicted octanol–water partition coefficient (Wildman–Crippen LogP) is 1.12. The summed E-state index contributed by atoms with van der Waals surface area (Å²) >= 11 is 4.26. The summed E-state index contributed by atoms with van der Waals surface area (Å²) in [6.45, 7) is 0. The molecule has 0 unspecified atom stereocenters. The van der Waals surface area contributed by atoms with E-state index >= 15 is 0 Å². The maximum absolute atomic E-state index is 10.9. The molecule has 0 atom stereocenters. The Morgan fingerprint density at radius 1 is 1.75 bits per heavy atom. The fourth-order valence-electron chi connectivity index (χ4n) is 0.544.